The molecule has 0 bridgehead atoms. The summed E-state index contributed by atoms with van der Waals surface area (Å²) in [5.74, 6) is 2.06. The molecule has 0 radical (unpaired) electrons. The molecule has 1 saturated heterocycles. The Bertz CT molecular complexity index is 1480. The van der Waals surface area contributed by atoms with Crippen molar-refractivity contribution < 1.29 is 23.7 Å². The summed E-state index contributed by atoms with van der Waals surface area (Å²) in [6.45, 7) is 4.52. The van der Waals surface area contributed by atoms with Gasteiger partial charge in [-0.05, 0) is 44.8 Å². The SMILES string of the molecule is COc1cc2ncn(-c3cc(O[C@H](C)c4cccc(OCC5CCNCC5)c4Cl)c(C(N)=O)s3)c2cc1OC. The first-order chi connectivity index (χ1) is 18.9. The molecule has 9 nitrogen and oxygen atoms in total. The van der Waals surface area contributed by atoms with Crippen molar-refractivity contribution in [2.24, 2.45) is 11.7 Å². The van der Waals surface area contributed by atoms with Gasteiger partial charge in [0.1, 0.15) is 33.8 Å². The lowest BCUT2D eigenvalue weighted by atomic mass is 9.99. The lowest BCUT2D eigenvalue weighted by molar-refractivity contribution is 0.0998. The smallest absolute Gasteiger partial charge is 0.262 e. The molecule has 5 rings (SSSR count). The van der Waals surface area contributed by atoms with Gasteiger partial charge >= 0.3 is 0 Å². The van der Waals surface area contributed by atoms with Crippen molar-refractivity contribution in [3.05, 3.63) is 58.2 Å². The molecule has 0 unspecified atom stereocenters. The number of nitrogens with zero attached hydrogens (tertiary/aromatic N) is 2. The number of halogens is 1. The summed E-state index contributed by atoms with van der Waals surface area (Å²) in [5.41, 5.74) is 7.99. The van der Waals surface area contributed by atoms with Crippen LogP contribution in [-0.2, 0) is 0 Å². The van der Waals surface area contributed by atoms with E-state index in [0.29, 0.717) is 55.9 Å². The van der Waals surface area contributed by atoms with Gasteiger partial charge in [-0.15, -0.1) is 11.3 Å². The number of nitrogens with two attached hydrogens (primary N) is 1. The van der Waals surface area contributed by atoms with Crippen LogP contribution in [0.4, 0.5) is 0 Å². The number of carbonyl (C=O) groups excluding carboxylic acids is 1. The van der Waals surface area contributed by atoms with E-state index >= 15 is 0 Å². The van der Waals surface area contributed by atoms with Crippen molar-refractivity contribution in [2.75, 3.05) is 33.9 Å². The number of methoxy groups -OCH3 is 2. The lowest BCUT2D eigenvalue weighted by Gasteiger charge is -2.23. The van der Waals surface area contributed by atoms with Gasteiger partial charge in [0.25, 0.3) is 5.91 Å². The molecule has 1 aliphatic heterocycles. The molecule has 39 heavy (non-hydrogen) atoms. The number of aromatic nitrogens is 2. The molecular weight excluding hydrogens is 540 g/mol. The first kappa shape index (κ1) is 27.1. The van der Waals surface area contributed by atoms with Crippen molar-refractivity contribution in [2.45, 2.75) is 25.9 Å². The number of piperidine rings is 1. The molecule has 1 amide bonds. The fourth-order valence-corrected chi connectivity index (χ4v) is 5.98. The molecule has 11 heteroatoms. The summed E-state index contributed by atoms with van der Waals surface area (Å²) < 4.78 is 25.1. The summed E-state index contributed by atoms with van der Waals surface area (Å²) >= 11 is 7.97. The van der Waals surface area contributed by atoms with Gasteiger partial charge in [0.05, 0.1) is 36.9 Å². The quantitative estimate of drug-likeness (QED) is 0.263. The van der Waals surface area contributed by atoms with Crippen molar-refractivity contribution in [1.82, 2.24) is 14.9 Å². The van der Waals surface area contributed by atoms with E-state index in [9.17, 15) is 4.79 Å². The highest BCUT2D eigenvalue weighted by molar-refractivity contribution is 7.16. The van der Waals surface area contributed by atoms with Crippen molar-refractivity contribution >= 4 is 39.9 Å². The molecule has 2 aromatic carbocycles. The predicted molar refractivity (Wildman–Crippen MR) is 152 cm³/mol. The Balaban J connectivity index is 1.40. The van der Waals surface area contributed by atoms with Gasteiger partial charge in [0.2, 0.25) is 0 Å². The topological polar surface area (TPSA) is 110 Å². The Hall–Kier alpha value is -3.47. The third-order valence-corrected chi connectivity index (χ3v) is 8.40. The van der Waals surface area contributed by atoms with E-state index in [0.717, 1.165) is 37.0 Å². The van der Waals surface area contributed by atoms with Gasteiger partial charge in [-0.25, -0.2) is 4.98 Å². The molecule has 4 aromatic rings. The summed E-state index contributed by atoms with van der Waals surface area (Å²) in [4.78, 5) is 17.2. The number of ether oxygens (including phenoxy) is 4. The maximum Gasteiger partial charge on any atom is 0.262 e. The highest BCUT2D eigenvalue weighted by Crippen LogP contribution is 2.40. The van der Waals surface area contributed by atoms with Crippen LogP contribution >= 0.6 is 22.9 Å². The van der Waals surface area contributed by atoms with Crippen LogP contribution in [0.5, 0.6) is 23.0 Å². The van der Waals surface area contributed by atoms with Crippen molar-refractivity contribution in [3.8, 4) is 28.0 Å². The number of amides is 1. The van der Waals surface area contributed by atoms with E-state index < -0.39 is 12.0 Å². The van der Waals surface area contributed by atoms with Crippen LogP contribution in [0.25, 0.3) is 16.0 Å². The molecule has 3 heterocycles. The van der Waals surface area contributed by atoms with Gasteiger partial charge in [-0.1, -0.05) is 23.7 Å². The molecule has 0 aliphatic carbocycles. The zero-order chi connectivity index (χ0) is 27.5. The fraction of sp³-hybridized carbons (Fsp3) is 0.357. The molecule has 0 saturated carbocycles. The first-order valence-corrected chi connectivity index (χ1v) is 13.9. The number of nitrogens with one attached hydrogen (secondary N) is 1. The number of hydrogen-bond donors (Lipinski definition) is 2. The van der Waals surface area contributed by atoms with E-state index in [4.69, 9.17) is 36.3 Å². The molecule has 1 atom stereocenters. The van der Waals surface area contributed by atoms with Crippen LogP contribution < -0.4 is 30.0 Å². The van der Waals surface area contributed by atoms with Crippen molar-refractivity contribution in [3.63, 3.8) is 0 Å². The minimum absolute atomic E-state index is 0.300. The average Bonchev–Trinajstić information content (AvgIpc) is 3.55. The van der Waals surface area contributed by atoms with Gasteiger partial charge in [-0.3, -0.25) is 9.36 Å². The lowest BCUT2D eigenvalue weighted by Crippen LogP contribution is -2.30. The van der Waals surface area contributed by atoms with Crippen LogP contribution in [0.1, 0.15) is 41.1 Å². The minimum Gasteiger partial charge on any atom is -0.493 e. The van der Waals surface area contributed by atoms with Gasteiger partial charge in [0.15, 0.2) is 11.5 Å². The number of imidazole rings is 1. The molecule has 0 spiro atoms. The highest BCUT2D eigenvalue weighted by Gasteiger charge is 2.23. The largest absolute Gasteiger partial charge is 0.493 e. The number of hydrogen-bond acceptors (Lipinski definition) is 8. The second-order valence-corrected chi connectivity index (χ2v) is 10.8. The second-order valence-electron chi connectivity index (χ2n) is 9.38. The zero-order valence-corrected chi connectivity index (χ0v) is 23.6. The van der Waals surface area contributed by atoms with E-state index in [2.05, 4.69) is 10.3 Å². The van der Waals surface area contributed by atoms with E-state index in [1.807, 2.05) is 35.8 Å². The maximum atomic E-state index is 12.4. The molecule has 3 N–H and O–H groups in total. The maximum absolute atomic E-state index is 12.4. The third-order valence-electron chi connectivity index (χ3n) is 6.87. The average molecular weight is 571 g/mol. The van der Waals surface area contributed by atoms with E-state index in [-0.39, 0.29) is 0 Å². The van der Waals surface area contributed by atoms with Crippen LogP contribution in [0, 0.1) is 5.92 Å². The fourth-order valence-electron chi connectivity index (χ4n) is 4.71. The number of thiophene rings is 1. The summed E-state index contributed by atoms with van der Waals surface area (Å²) in [5, 5.41) is 4.58. The Morgan fingerprint density at radius 2 is 1.90 bits per heavy atom. The first-order valence-electron chi connectivity index (χ1n) is 12.7. The monoisotopic (exact) mass is 570 g/mol. The summed E-state index contributed by atoms with van der Waals surface area (Å²) in [6.07, 6.45) is 3.37. The normalized spacial score (nSPS) is 14.8. The summed E-state index contributed by atoms with van der Waals surface area (Å²) in [6, 6.07) is 11.1. The van der Waals surface area contributed by atoms with Gasteiger partial charge in [0, 0.05) is 23.8 Å². The number of benzene rings is 2. The number of primary amides is 1. The Morgan fingerprint density at radius 3 is 2.62 bits per heavy atom. The van der Waals surface area contributed by atoms with E-state index in [1.165, 1.54) is 11.3 Å². The predicted octanol–water partition coefficient (Wildman–Crippen LogP) is 5.37. The molecule has 1 fully saturated rings. The van der Waals surface area contributed by atoms with Crippen LogP contribution in [0.3, 0.4) is 0 Å². The number of fused-ring (bicyclic) bond motifs is 1. The van der Waals surface area contributed by atoms with Crippen molar-refractivity contribution in [1.29, 1.82) is 0 Å². The Kier molecular flexibility index (Phi) is 8.15. The highest BCUT2D eigenvalue weighted by atomic mass is 35.5. The molecule has 206 valence electrons. The summed E-state index contributed by atoms with van der Waals surface area (Å²) in [7, 11) is 3.15. The minimum atomic E-state index is -0.581. The number of rotatable bonds is 10. The van der Waals surface area contributed by atoms with Crippen LogP contribution in [0.2, 0.25) is 5.02 Å². The molecular formula is C28H31ClN4O5S. The Morgan fingerprint density at radius 1 is 1.15 bits per heavy atom. The zero-order valence-electron chi connectivity index (χ0n) is 22.0. The molecule has 1 aliphatic rings. The third kappa shape index (κ3) is 5.63. The van der Waals surface area contributed by atoms with E-state index in [1.54, 1.807) is 32.7 Å². The Labute approximate surface area is 235 Å². The molecule has 2 aromatic heterocycles. The second kappa shape index (κ2) is 11.7. The number of carbonyl (C=O) groups is 1. The van der Waals surface area contributed by atoms with Crippen LogP contribution in [-0.4, -0.2) is 49.4 Å². The van der Waals surface area contributed by atoms with Crippen LogP contribution in [0.15, 0.2) is 42.7 Å². The van der Waals surface area contributed by atoms with Gasteiger partial charge < -0.3 is 30.0 Å². The standard InChI is InChI=1S/C28H31ClN4O5S/c1-16(18-5-4-6-21(26(18)29)37-14-17-7-9-31-10-8-17)38-24-13-25(39-27(24)28(30)34)33-15-32-19-11-22(35-2)23(36-3)12-20(19)33/h4-6,11-13,15-17,31H,7-10,14H2,1-3H3,(H2,30,34)/t16-/m1/s1. The van der Waals surface area contributed by atoms with Gasteiger partial charge in [-0.2, -0.15) is 0 Å².